The third-order valence-corrected chi connectivity index (χ3v) is 2.98. The molecule has 0 aromatic carbocycles. The van der Waals surface area contributed by atoms with Crippen molar-refractivity contribution in [1.29, 1.82) is 0 Å². The molecule has 2 aromatic rings. The number of hydrogen-bond acceptors (Lipinski definition) is 4. The zero-order valence-corrected chi connectivity index (χ0v) is 11.3. The van der Waals surface area contributed by atoms with Crippen molar-refractivity contribution < 1.29 is 19.7 Å². The predicted octanol–water partition coefficient (Wildman–Crippen LogP) is -0.335. The maximum atomic E-state index is 11.6. The summed E-state index contributed by atoms with van der Waals surface area (Å²) < 4.78 is 2.97. The van der Waals surface area contributed by atoms with Gasteiger partial charge in [0.25, 0.3) is 5.56 Å². The normalized spacial score (nSPS) is 10.5. The Hall–Kier alpha value is -2.54. The van der Waals surface area contributed by atoms with E-state index in [1.807, 2.05) is 0 Å². The highest BCUT2D eigenvalue weighted by atomic mass is 16.4. The Balaban J connectivity index is 2.20. The van der Waals surface area contributed by atoms with Crippen LogP contribution in [0.5, 0.6) is 0 Å². The fourth-order valence-electron chi connectivity index (χ4n) is 1.88. The minimum Gasteiger partial charge on any atom is -0.481 e. The lowest BCUT2D eigenvalue weighted by Crippen LogP contribution is -2.38. The summed E-state index contributed by atoms with van der Waals surface area (Å²) in [5.41, 5.74) is 1.45. The van der Waals surface area contributed by atoms with E-state index in [0.717, 1.165) is 11.1 Å². The first kappa shape index (κ1) is 14.9. The van der Waals surface area contributed by atoms with Gasteiger partial charge < -0.3 is 14.8 Å². The van der Waals surface area contributed by atoms with Crippen LogP contribution in [-0.4, -0.2) is 32.5 Å². The van der Waals surface area contributed by atoms with Gasteiger partial charge in [-0.05, 0) is 11.2 Å². The minimum absolute atomic E-state index is 0.0123. The molecule has 0 amide bonds. The highest BCUT2D eigenvalue weighted by molar-refractivity contribution is 5.66. The molecule has 0 radical (unpaired) electrons. The van der Waals surface area contributed by atoms with E-state index in [1.54, 1.807) is 35.4 Å². The van der Waals surface area contributed by atoms with E-state index in [2.05, 4.69) is 5.10 Å². The SMILES string of the molecule is O=C(O)CC[n+]1ccc(-c2ccc(=O)n(CCO)c2)cn1. The molecule has 0 unspecified atom stereocenters. The lowest BCUT2D eigenvalue weighted by molar-refractivity contribution is -0.752. The van der Waals surface area contributed by atoms with Crippen LogP contribution in [0.15, 0.2) is 41.6 Å². The third-order valence-electron chi connectivity index (χ3n) is 2.98. The maximum Gasteiger partial charge on any atom is 0.309 e. The Bertz CT molecular complexity index is 679. The van der Waals surface area contributed by atoms with Crippen molar-refractivity contribution in [3.8, 4) is 11.1 Å². The van der Waals surface area contributed by atoms with Gasteiger partial charge in [-0.1, -0.05) is 4.68 Å². The molecule has 0 aliphatic carbocycles. The maximum absolute atomic E-state index is 11.6. The summed E-state index contributed by atoms with van der Waals surface area (Å²) in [6, 6.07) is 4.93. The summed E-state index contributed by atoms with van der Waals surface area (Å²) in [5.74, 6) is -0.871. The number of aliphatic hydroxyl groups excluding tert-OH is 1. The zero-order valence-electron chi connectivity index (χ0n) is 11.3. The van der Waals surface area contributed by atoms with Crippen molar-refractivity contribution in [2.24, 2.45) is 0 Å². The summed E-state index contributed by atoms with van der Waals surface area (Å²) in [7, 11) is 0. The molecule has 2 rings (SSSR count). The molecule has 21 heavy (non-hydrogen) atoms. The summed E-state index contributed by atoms with van der Waals surface area (Å²) in [6.45, 7) is 0.441. The van der Waals surface area contributed by atoms with E-state index in [9.17, 15) is 9.59 Å². The standard InChI is InChI=1S/C14H15N3O4/c18-8-7-16-10-12(1-2-13(16)19)11-3-5-17(15-9-11)6-4-14(20)21/h1-3,5,9-10,18H,4,6-8H2/p+1. The van der Waals surface area contributed by atoms with E-state index in [4.69, 9.17) is 10.2 Å². The Morgan fingerprint density at radius 1 is 1.29 bits per heavy atom. The third kappa shape index (κ3) is 3.96. The summed E-state index contributed by atoms with van der Waals surface area (Å²) in [4.78, 5) is 22.1. The van der Waals surface area contributed by atoms with Crippen molar-refractivity contribution in [3.05, 3.63) is 47.1 Å². The number of pyridine rings is 1. The van der Waals surface area contributed by atoms with E-state index in [-0.39, 0.29) is 25.1 Å². The van der Waals surface area contributed by atoms with Crippen molar-refractivity contribution >= 4 is 5.97 Å². The first-order chi connectivity index (χ1) is 10.1. The molecule has 2 N–H and O–H groups in total. The molecule has 7 nitrogen and oxygen atoms in total. The number of rotatable bonds is 6. The number of aliphatic hydroxyl groups is 1. The van der Waals surface area contributed by atoms with Gasteiger partial charge in [0.15, 0.2) is 12.7 Å². The number of carboxylic acids is 1. The van der Waals surface area contributed by atoms with Gasteiger partial charge in [-0.15, -0.1) is 0 Å². The average Bonchev–Trinajstić information content (AvgIpc) is 2.48. The van der Waals surface area contributed by atoms with Crippen LogP contribution in [0.25, 0.3) is 11.1 Å². The molecule has 0 saturated carbocycles. The quantitative estimate of drug-likeness (QED) is 0.710. The Morgan fingerprint density at radius 3 is 2.71 bits per heavy atom. The highest BCUT2D eigenvalue weighted by Crippen LogP contribution is 2.14. The van der Waals surface area contributed by atoms with Crippen LogP contribution in [0.4, 0.5) is 0 Å². The first-order valence-electron chi connectivity index (χ1n) is 6.49. The van der Waals surface area contributed by atoms with E-state index in [0.29, 0.717) is 6.54 Å². The topological polar surface area (TPSA) is 96.3 Å². The minimum atomic E-state index is -0.871. The van der Waals surface area contributed by atoms with Gasteiger partial charge in [0, 0.05) is 36.0 Å². The Morgan fingerprint density at radius 2 is 2.10 bits per heavy atom. The second kappa shape index (κ2) is 6.76. The molecule has 0 atom stereocenters. The molecule has 0 bridgehead atoms. The number of carbonyl (C=O) groups is 1. The van der Waals surface area contributed by atoms with E-state index < -0.39 is 5.97 Å². The number of aromatic nitrogens is 3. The molecular weight excluding hydrogens is 274 g/mol. The van der Waals surface area contributed by atoms with Gasteiger partial charge >= 0.3 is 5.97 Å². The van der Waals surface area contributed by atoms with Crippen LogP contribution in [0, 0.1) is 0 Å². The smallest absolute Gasteiger partial charge is 0.309 e. The molecule has 7 heteroatoms. The zero-order chi connectivity index (χ0) is 15.2. The van der Waals surface area contributed by atoms with Gasteiger partial charge in [-0.3, -0.25) is 9.59 Å². The fraction of sp³-hybridized carbons (Fsp3) is 0.286. The number of carboxylic acid groups (broad SMARTS) is 1. The van der Waals surface area contributed by atoms with Crippen LogP contribution < -0.4 is 10.2 Å². The van der Waals surface area contributed by atoms with Crippen molar-refractivity contribution in [3.63, 3.8) is 0 Å². The molecular formula is C14H16N3O4+. The van der Waals surface area contributed by atoms with E-state index in [1.165, 1.54) is 10.6 Å². The second-order valence-corrected chi connectivity index (χ2v) is 4.50. The molecule has 110 valence electrons. The summed E-state index contributed by atoms with van der Waals surface area (Å²) in [5, 5.41) is 21.7. The Labute approximate surface area is 120 Å². The molecule has 0 saturated heterocycles. The second-order valence-electron chi connectivity index (χ2n) is 4.50. The van der Waals surface area contributed by atoms with Gasteiger partial charge in [0.05, 0.1) is 6.61 Å². The van der Waals surface area contributed by atoms with Crippen LogP contribution in [-0.2, 0) is 17.9 Å². The largest absolute Gasteiger partial charge is 0.481 e. The lowest BCUT2D eigenvalue weighted by Gasteiger charge is -2.06. The average molecular weight is 290 g/mol. The Kier molecular flexibility index (Phi) is 4.78. The van der Waals surface area contributed by atoms with Crippen molar-refractivity contribution in [1.82, 2.24) is 9.67 Å². The molecule has 2 heterocycles. The monoisotopic (exact) mass is 290 g/mol. The summed E-state index contributed by atoms with van der Waals surface area (Å²) >= 11 is 0. The van der Waals surface area contributed by atoms with Crippen molar-refractivity contribution in [2.75, 3.05) is 6.61 Å². The number of aliphatic carboxylic acids is 1. The molecule has 0 spiro atoms. The van der Waals surface area contributed by atoms with Crippen LogP contribution in [0.1, 0.15) is 6.42 Å². The van der Waals surface area contributed by atoms with Crippen LogP contribution >= 0.6 is 0 Å². The number of aryl methyl sites for hydroxylation is 1. The van der Waals surface area contributed by atoms with Gasteiger partial charge in [0.2, 0.25) is 0 Å². The molecule has 2 aromatic heterocycles. The first-order valence-corrected chi connectivity index (χ1v) is 6.49. The van der Waals surface area contributed by atoms with Crippen molar-refractivity contribution in [2.45, 2.75) is 19.5 Å². The molecule has 0 fully saturated rings. The van der Waals surface area contributed by atoms with Crippen LogP contribution in [0.2, 0.25) is 0 Å². The summed E-state index contributed by atoms with van der Waals surface area (Å²) in [6.07, 6.45) is 4.99. The van der Waals surface area contributed by atoms with Gasteiger partial charge in [-0.25, -0.2) is 0 Å². The van der Waals surface area contributed by atoms with Gasteiger partial charge in [-0.2, -0.15) is 0 Å². The highest BCUT2D eigenvalue weighted by Gasteiger charge is 2.08. The molecule has 0 aliphatic heterocycles. The lowest BCUT2D eigenvalue weighted by atomic mass is 10.1. The number of nitrogens with zero attached hydrogens (tertiary/aromatic N) is 3. The predicted molar refractivity (Wildman–Crippen MR) is 73.5 cm³/mol. The van der Waals surface area contributed by atoms with E-state index >= 15 is 0 Å². The number of hydrogen-bond donors (Lipinski definition) is 2. The molecule has 0 aliphatic rings. The van der Waals surface area contributed by atoms with Gasteiger partial charge in [0.1, 0.15) is 12.6 Å². The van der Waals surface area contributed by atoms with Crippen LogP contribution in [0.3, 0.4) is 0 Å². The fourth-order valence-corrected chi connectivity index (χ4v) is 1.88.